The number of ether oxygens (including phenoxy) is 1. The Morgan fingerprint density at radius 2 is 2.17 bits per heavy atom. The van der Waals surface area contributed by atoms with Gasteiger partial charge in [-0.3, -0.25) is 0 Å². The Balaban J connectivity index is 0.00000162. The Labute approximate surface area is 114 Å². The molecule has 0 spiro atoms. The van der Waals surface area contributed by atoms with E-state index in [0.29, 0.717) is 12.5 Å². The van der Waals surface area contributed by atoms with E-state index in [9.17, 15) is 5.11 Å². The Kier molecular flexibility index (Phi) is 6.43. The summed E-state index contributed by atoms with van der Waals surface area (Å²) >= 11 is 0. The highest BCUT2D eigenvalue weighted by atomic mass is 35.5. The predicted octanol–water partition coefficient (Wildman–Crippen LogP) is 0.787. The highest BCUT2D eigenvalue weighted by molar-refractivity contribution is 5.85. The second kappa shape index (κ2) is 7.59. The first-order valence-corrected chi connectivity index (χ1v) is 6.02. The highest BCUT2D eigenvalue weighted by Gasteiger charge is 2.24. The number of hydrogen-bond acceptors (Lipinski definition) is 4. The van der Waals surface area contributed by atoms with Crippen molar-refractivity contribution in [3.8, 4) is 5.75 Å². The van der Waals surface area contributed by atoms with E-state index in [4.69, 9.17) is 4.74 Å². The van der Waals surface area contributed by atoms with Crippen LogP contribution in [0.1, 0.15) is 5.56 Å². The molecule has 0 bridgehead atoms. The monoisotopic (exact) mass is 272 g/mol. The van der Waals surface area contributed by atoms with E-state index in [1.54, 1.807) is 7.11 Å². The summed E-state index contributed by atoms with van der Waals surface area (Å²) in [7, 11) is 1.68. The molecule has 1 saturated heterocycles. The number of β-amino-alcohol motifs (C(OH)–C–C–N with tert-alkyl or cyclic N) is 1. The van der Waals surface area contributed by atoms with E-state index in [2.05, 4.69) is 16.7 Å². The number of aliphatic hydroxyl groups excluding tert-OH is 1. The minimum Gasteiger partial charge on any atom is -0.496 e. The molecule has 4 nitrogen and oxygen atoms in total. The fourth-order valence-electron chi connectivity index (χ4n) is 2.17. The second-order valence-electron chi connectivity index (χ2n) is 4.43. The lowest BCUT2D eigenvalue weighted by atomic mass is 10.1. The van der Waals surface area contributed by atoms with Gasteiger partial charge in [0.25, 0.3) is 0 Å². The van der Waals surface area contributed by atoms with Crippen LogP contribution < -0.4 is 15.4 Å². The third-order valence-corrected chi connectivity index (χ3v) is 3.22. The van der Waals surface area contributed by atoms with E-state index in [1.807, 2.05) is 18.2 Å². The van der Waals surface area contributed by atoms with Crippen LogP contribution in [0.3, 0.4) is 0 Å². The summed E-state index contributed by atoms with van der Waals surface area (Å²) in [5.74, 6) is 1.22. The fraction of sp³-hybridized carbons (Fsp3) is 0.538. The van der Waals surface area contributed by atoms with Gasteiger partial charge in [0.05, 0.1) is 13.2 Å². The van der Waals surface area contributed by atoms with Gasteiger partial charge in [-0.25, -0.2) is 0 Å². The summed E-state index contributed by atoms with van der Waals surface area (Å²) in [6.07, 6.45) is -0.222. The maximum absolute atomic E-state index is 9.66. The zero-order valence-electron chi connectivity index (χ0n) is 10.6. The Bertz CT molecular complexity index is 363. The van der Waals surface area contributed by atoms with Gasteiger partial charge in [0.2, 0.25) is 0 Å². The molecule has 0 saturated carbocycles. The molecule has 0 amide bonds. The topological polar surface area (TPSA) is 53.5 Å². The lowest BCUT2D eigenvalue weighted by Crippen LogP contribution is -2.30. The van der Waals surface area contributed by atoms with Crippen molar-refractivity contribution in [3.05, 3.63) is 29.8 Å². The number of methoxy groups -OCH3 is 1. The van der Waals surface area contributed by atoms with Crippen LogP contribution in [0.15, 0.2) is 24.3 Å². The van der Waals surface area contributed by atoms with Gasteiger partial charge in [-0.05, 0) is 6.07 Å². The van der Waals surface area contributed by atoms with E-state index < -0.39 is 0 Å². The Hall–Kier alpha value is -0.810. The van der Waals surface area contributed by atoms with Crippen LogP contribution in [0.2, 0.25) is 0 Å². The molecule has 0 aliphatic carbocycles. The molecule has 1 aromatic carbocycles. The van der Waals surface area contributed by atoms with E-state index in [-0.39, 0.29) is 18.5 Å². The Morgan fingerprint density at radius 1 is 1.39 bits per heavy atom. The van der Waals surface area contributed by atoms with Crippen LogP contribution >= 0.6 is 12.4 Å². The van der Waals surface area contributed by atoms with Crippen molar-refractivity contribution in [2.75, 3.05) is 26.7 Å². The summed E-state index contributed by atoms with van der Waals surface area (Å²) in [6.45, 7) is 3.19. The average molecular weight is 273 g/mol. The lowest BCUT2D eigenvalue weighted by Gasteiger charge is -2.15. The van der Waals surface area contributed by atoms with Crippen molar-refractivity contribution in [2.45, 2.75) is 12.6 Å². The summed E-state index contributed by atoms with van der Waals surface area (Å²) < 4.78 is 5.29. The minimum absolute atomic E-state index is 0. The maximum atomic E-state index is 9.66. The van der Waals surface area contributed by atoms with Crippen molar-refractivity contribution < 1.29 is 9.84 Å². The normalized spacial score (nSPS) is 22.6. The molecular formula is C13H21ClN2O2. The first kappa shape index (κ1) is 15.2. The Morgan fingerprint density at radius 3 is 2.83 bits per heavy atom. The summed E-state index contributed by atoms with van der Waals surface area (Å²) in [5.41, 5.74) is 1.15. The molecule has 1 aliphatic heterocycles. The first-order valence-electron chi connectivity index (χ1n) is 6.02. The number of benzene rings is 1. The van der Waals surface area contributed by atoms with E-state index >= 15 is 0 Å². The molecule has 2 rings (SSSR count). The van der Waals surface area contributed by atoms with Gasteiger partial charge in [0, 0.05) is 37.7 Å². The smallest absolute Gasteiger partial charge is 0.123 e. The quantitative estimate of drug-likeness (QED) is 0.742. The van der Waals surface area contributed by atoms with Gasteiger partial charge < -0.3 is 20.5 Å². The molecule has 1 heterocycles. The van der Waals surface area contributed by atoms with Crippen LogP contribution in [-0.4, -0.2) is 38.0 Å². The molecule has 1 aromatic rings. The second-order valence-corrected chi connectivity index (χ2v) is 4.43. The molecule has 1 fully saturated rings. The zero-order valence-corrected chi connectivity index (χ0v) is 11.4. The van der Waals surface area contributed by atoms with Crippen LogP contribution in [0.5, 0.6) is 5.75 Å². The zero-order chi connectivity index (χ0) is 12.1. The highest BCUT2D eigenvalue weighted by Crippen LogP contribution is 2.17. The molecular weight excluding hydrogens is 252 g/mol. The first-order chi connectivity index (χ1) is 8.31. The number of aliphatic hydroxyl groups is 1. The van der Waals surface area contributed by atoms with E-state index in [1.165, 1.54) is 0 Å². The maximum Gasteiger partial charge on any atom is 0.123 e. The summed E-state index contributed by atoms with van der Waals surface area (Å²) in [6, 6.07) is 7.98. The molecule has 2 unspecified atom stereocenters. The van der Waals surface area contributed by atoms with Gasteiger partial charge in [0.1, 0.15) is 5.75 Å². The molecule has 18 heavy (non-hydrogen) atoms. The van der Waals surface area contributed by atoms with Crippen molar-refractivity contribution >= 4 is 12.4 Å². The molecule has 0 aromatic heterocycles. The van der Waals surface area contributed by atoms with E-state index in [0.717, 1.165) is 30.9 Å². The van der Waals surface area contributed by atoms with Crippen molar-refractivity contribution in [1.82, 2.24) is 10.6 Å². The fourth-order valence-corrected chi connectivity index (χ4v) is 2.17. The van der Waals surface area contributed by atoms with Crippen molar-refractivity contribution in [3.63, 3.8) is 0 Å². The van der Waals surface area contributed by atoms with Crippen LogP contribution in [0.4, 0.5) is 0 Å². The number of hydrogen-bond donors (Lipinski definition) is 3. The van der Waals surface area contributed by atoms with Gasteiger partial charge in [-0.1, -0.05) is 18.2 Å². The molecule has 5 heteroatoms. The molecule has 3 N–H and O–H groups in total. The minimum atomic E-state index is -0.222. The molecule has 1 aliphatic rings. The predicted molar refractivity (Wildman–Crippen MR) is 74.3 cm³/mol. The third kappa shape index (κ3) is 3.85. The van der Waals surface area contributed by atoms with Gasteiger partial charge >= 0.3 is 0 Å². The van der Waals surface area contributed by atoms with Crippen LogP contribution in [0, 0.1) is 5.92 Å². The van der Waals surface area contributed by atoms with Crippen molar-refractivity contribution in [2.24, 2.45) is 5.92 Å². The standard InChI is InChI=1S/C13H20N2O2.ClH/c1-17-13-5-3-2-4-10(13)6-14-7-11-8-15-9-12(11)16;/h2-5,11-12,14-16H,6-9H2,1H3;1H. The number of para-hydroxylation sites is 1. The number of nitrogens with one attached hydrogen (secondary N) is 2. The number of rotatable bonds is 5. The van der Waals surface area contributed by atoms with Gasteiger partial charge in [-0.2, -0.15) is 0 Å². The van der Waals surface area contributed by atoms with Crippen LogP contribution in [0.25, 0.3) is 0 Å². The summed E-state index contributed by atoms with van der Waals surface area (Å²) in [5, 5.41) is 16.2. The van der Waals surface area contributed by atoms with Crippen molar-refractivity contribution in [1.29, 1.82) is 0 Å². The largest absolute Gasteiger partial charge is 0.496 e. The van der Waals surface area contributed by atoms with Gasteiger partial charge in [0.15, 0.2) is 0 Å². The summed E-state index contributed by atoms with van der Waals surface area (Å²) in [4.78, 5) is 0. The number of halogens is 1. The molecule has 0 radical (unpaired) electrons. The average Bonchev–Trinajstić information content (AvgIpc) is 2.76. The van der Waals surface area contributed by atoms with Gasteiger partial charge in [-0.15, -0.1) is 12.4 Å². The van der Waals surface area contributed by atoms with Crippen LogP contribution in [-0.2, 0) is 6.54 Å². The molecule has 2 atom stereocenters. The SMILES string of the molecule is COc1ccccc1CNCC1CNCC1O.Cl. The lowest BCUT2D eigenvalue weighted by molar-refractivity contribution is 0.146. The third-order valence-electron chi connectivity index (χ3n) is 3.22. The molecule has 102 valence electrons.